The first-order valence-corrected chi connectivity index (χ1v) is 1.90. The minimum absolute atomic E-state index is 0.553. The second kappa shape index (κ2) is 3.81. The van der Waals surface area contributed by atoms with Gasteiger partial charge in [0.15, 0.2) is 0 Å². The van der Waals surface area contributed by atoms with Crippen molar-refractivity contribution in [2.45, 2.75) is 6.92 Å². The summed E-state index contributed by atoms with van der Waals surface area (Å²) in [4.78, 5) is 10.1. The van der Waals surface area contributed by atoms with Crippen LogP contribution < -0.4 is 5.43 Å². The van der Waals surface area contributed by atoms with Gasteiger partial charge in [0.1, 0.15) is 0 Å². The largest absolute Gasteiger partial charge is 0.317 e. The van der Waals surface area contributed by atoms with Gasteiger partial charge >= 0.3 is 5.91 Å². The Morgan fingerprint density at radius 2 is 2.50 bits per heavy atom. The zero-order valence-corrected chi connectivity index (χ0v) is 4.36. The Kier molecular flexibility index (Phi) is 3.16. The number of carbonyl (C=O) groups is 1. The van der Waals surface area contributed by atoms with Gasteiger partial charge in [0, 0.05) is 0 Å². The lowest BCUT2D eigenvalue weighted by molar-refractivity contribution is -0.115. The van der Waals surface area contributed by atoms with E-state index in [1.165, 1.54) is 6.92 Å². The number of rotatable bonds is 1. The van der Waals surface area contributed by atoms with E-state index >= 15 is 0 Å². The molecule has 0 atom stereocenters. The van der Waals surface area contributed by atoms with Crippen LogP contribution in [-0.4, -0.2) is 5.91 Å². The molecule has 1 amide bonds. The van der Waals surface area contributed by atoms with Crippen molar-refractivity contribution in [2.24, 2.45) is 5.22 Å². The van der Waals surface area contributed by atoms with Gasteiger partial charge in [-0.1, -0.05) is 11.1 Å². The summed E-state index contributed by atoms with van der Waals surface area (Å²) in [6.07, 6.45) is 0. The molecular weight excluding hydrogens is 106 g/mol. The smallest absolute Gasteiger partial charge is 0.257 e. The van der Waals surface area contributed by atoms with E-state index in [1.807, 2.05) is 5.43 Å². The molecule has 0 radical (unpaired) electrons. The van der Waals surface area contributed by atoms with E-state index in [2.05, 4.69) is 17.1 Å². The maximum absolute atomic E-state index is 10.1. The number of hydrogen-bond acceptors (Lipinski definition) is 3. The first-order valence-electron chi connectivity index (χ1n) is 1.90. The Hall–Kier alpha value is -1.37. The van der Waals surface area contributed by atoms with Crippen LogP contribution in [0.25, 0.3) is 0 Å². The van der Waals surface area contributed by atoms with Crippen LogP contribution in [0.15, 0.2) is 5.22 Å². The molecule has 0 rings (SSSR count). The predicted molar refractivity (Wildman–Crippen MR) is 26.7 cm³/mol. The Morgan fingerprint density at radius 1 is 1.88 bits per heavy atom. The normalized spacial score (nSPS) is 6.12. The second-order valence-corrected chi connectivity index (χ2v) is 0.928. The van der Waals surface area contributed by atoms with E-state index in [1.54, 1.807) is 0 Å². The summed E-state index contributed by atoms with van der Waals surface area (Å²) in [5.41, 5.74) is 7.96. The van der Waals surface area contributed by atoms with Crippen molar-refractivity contribution in [3.8, 4) is 11.8 Å². The molecule has 0 aliphatic carbocycles. The van der Waals surface area contributed by atoms with E-state index in [0.29, 0.717) is 0 Å². The molecule has 0 heterocycles. The average molecular weight is 111 g/mol. The van der Waals surface area contributed by atoms with Crippen LogP contribution >= 0.6 is 0 Å². The molecule has 2 N–H and O–H groups in total. The molecule has 4 heteroatoms. The SMILES string of the molecule is CC#CC(=O)NN=N. The van der Waals surface area contributed by atoms with Crippen LogP contribution in [0.5, 0.6) is 0 Å². The Labute approximate surface area is 46.8 Å². The predicted octanol–water partition coefficient (Wildman–Crippen LogP) is 0.0719. The van der Waals surface area contributed by atoms with Gasteiger partial charge in [-0.25, -0.2) is 5.43 Å². The number of hydrogen-bond donors (Lipinski definition) is 2. The highest BCUT2D eigenvalue weighted by Gasteiger charge is 1.85. The average Bonchev–Trinajstić information content (AvgIpc) is 1.68. The van der Waals surface area contributed by atoms with E-state index < -0.39 is 5.91 Å². The number of carbonyl (C=O) groups excluding carboxylic acids is 1. The van der Waals surface area contributed by atoms with E-state index in [-0.39, 0.29) is 0 Å². The van der Waals surface area contributed by atoms with Gasteiger partial charge in [0.05, 0.1) is 0 Å². The molecule has 42 valence electrons. The highest BCUT2D eigenvalue weighted by molar-refractivity contribution is 5.92. The zero-order chi connectivity index (χ0) is 6.41. The van der Waals surface area contributed by atoms with Crippen LogP contribution in [0.2, 0.25) is 0 Å². The maximum atomic E-state index is 10.1. The van der Waals surface area contributed by atoms with Gasteiger partial charge < -0.3 is 0 Å². The van der Waals surface area contributed by atoms with Gasteiger partial charge in [-0.05, 0) is 12.8 Å². The lowest BCUT2D eigenvalue weighted by atomic mass is 10.6. The molecule has 0 fully saturated rings. The van der Waals surface area contributed by atoms with Gasteiger partial charge in [-0.2, -0.15) is 5.53 Å². The fourth-order valence-corrected chi connectivity index (χ4v) is 0.192. The summed E-state index contributed by atoms with van der Waals surface area (Å²) < 4.78 is 0. The summed E-state index contributed by atoms with van der Waals surface area (Å²) in [5, 5.41) is 2.60. The molecule has 4 nitrogen and oxygen atoms in total. The first kappa shape index (κ1) is 6.63. The minimum atomic E-state index is -0.553. The number of amides is 1. The van der Waals surface area contributed by atoms with Crippen molar-refractivity contribution in [3.05, 3.63) is 0 Å². The molecule has 0 saturated carbocycles. The topological polar surface area (TPSA) is 65.3 Å². The Bertz CT molecular complexity index is 152. The molecule has 0 aliphatic heterocycles. The molecule has 0 aromatic heterocycles. The van der Waals surface area contributed by atoms with Crippen molar-refractivity contribution >= 4 is 5.91 Å². The molecule has 0 aromatic rings. The van der Waals surface area contributed by atoms with Crippen LogP contribution in [0, 0.1) is 17.4 Å². The molecule has 8 heavy (non-hydrogen) atoms. The van der Waals surface area contributed by atoms with Crippen molar-refractivity contribution < 1.29 is 4.79 Å². The highest BCUT2D eigenvalue weighted by atomic mass is 16.2. The fourth-order valence-electron chi connectivity index (χ4n) is 0.192. The van der Waals surface area contributed by atoms with Gasteiger partial charge in [0.2, 0.25) is 0 Å². The first-order chi connectivity index (χ1) is 3.81. The van der Waals surface area contributed by atoms with Crippen LogP contribution in [0.1, 0.15) is 6.92 Å². The fraction of sp³-hybridized carbons (Fsp3) is 0.250. The molecule has 0 unspecified atom stereocenters. The number of nitrogens with zero attached hydrogens (tertiary/aromatic N) is 1. The maximum Gasteiger partial charge on any atom is 0.317 e. The third-order valence-corrected chi connectivity index (χ3v) is 0.396. The van der Waals surface area contributed by atoms with Gasteiger partial charge in [-0.3, -0.25) is 4.79 Å². The van der Waals surface area contributed by atoms with E-state index in [4.69, 9.17) is 5.53 Å². The van der Waals surface area contributed by atoms with Gasteiger partial charge in [-0.15, -0.1) is 0 Å². The highest BCUT2D eigenvalue weighted by Crippen LogP contribution is 1.59. The monoisotopic (exact) mass is 111 g/mol. The van der Waals surface area contributed by atoms with Crippen molar-refractivity contribution in [3.63, 3.8) is 0 Å². The van der Waals surface area contributed by atoms with Crippen LogP contribution in [-0.2, 0) is 4.79 Å². The molecule has 0 spiro atoms. The van der Waals surface area contributed by atoms with Crippen LogP contribution in [0.4, 0.5) is 0 Å². The van der Waals surface area contributed by atoms with Crippen molar-refractivity contribution in [2.75, 3.05) is 0 Å². The summed E-state index contributed by atoms with van der Waals surface area (Å²) >= 11 is 0. The molecule has 0 bridgehead atoms. The number of nitrogens with one attached hydrogen (secondary N) is 2. The summed E-state index contributed by atoms with van der Waals surface area (Å²) in [6.45, 7) is 1.53. The minimum Gasteiger partial charge on any atom is -0.257 e. The Morgan fingerprint density at radius 3 is 2.88 bits per heavy atom. The second-order valence-electron chi connectivity index (χ2n) is 0.928. The van der Waals surface area contributed by atoms with Crippen molar-refractivity contribution in [1.29, 1.82) is 5.53 Å². The summed E-state index contributed by atoms with van der Waals surface area (Å²) in [5.74, 6) is 3.93. The quantitative estimate of drug-likeness (QED) is 0.280. The Balaban J connectivity index is 3.60. The summed E-state index contributed by atoms with van der Waals surface area (Å²) in [6, 6.07) is 0. The molecule has 0 saturated heterocycles. The third kappa shape index (κ3) is 2.85. The lowest BCUT2D eigenvalue weighted by Crippen LogP contribution is -2.12. The third-order valence-electron chi connectivity index (χ3n) is 0.396. The molecular formula is C4H5N3O. The standard InChI is InChI=1S/C4H5N3O/c1-2-3-4(8)6-7-5/h1H3,(H2,5,6,8). The lowest BCUT2D eigenvalue weighted by Gasteiger charge is -1.80. The summed E-state index contributed by atoms with van der Waals surface area (Å²) in [7, 11) is 0. The molecule has 0 aromatic carbocycles. The van der Waals surface area contributed by atoms with Crippen LogP contribution in [0.3, 0.4) is 0 Å². The van der Waals surface area contributed by atoms with Gasteiger partial charge in [0.25, 0.3) is 0 Å². The zero-order valence-electron chi connectivity index (χ0n) is 4.36. The van der Waals surface area contributed by atoms with Crippen molar-refractivity contribution in [1.82, 2.24) is 5.43 Å². The van der Waals surface area contributed by atoms with E-state index in [9.17, 15) is 4.79 Å². The molecule has 0 aliphatic rings. The van der Waals surface area contributed by atoms with E-state index in [0.717, 1.165) is 0 Å².